The summed E-state index contributed by atoms with van der Waals surface area (Å²) in [5.74, 6) is 0.614. The molecule has 0 radical (unpaired) electrons. The van der Waals surface area contributed by atoms with Crippen molar-refractivity contribution in [1.82, 2.24) is 20.4 Å². The monoisotopic (exact) mass is 274 g/mol. The zero-order valence-electron chi connectivity index (χ0n) is 11.6. The number of fused-ring (bicyclic) bond motifs is 1. The molecule has 0 amide bonds. The van der Waals surface area contributed by atoms with E-state index < -0.39 is 6.04 Å². The van der Waals surface area contributed by atoms with Gasteiger partial charge in [0.15, 0.2) is 0 Å². The first-order chi connectivity index (χ1) is 9.72. The SMILES string of the molecule is CCOC(=O)C1NNCC1c1nc2ccccc2n1C. The Morgan fingerprint density at radius 2 is 2.30 bits per heavy atom. The number of para-hydroxylation sites is 2. The number of ether oxygens (including phenoxy) is 1. The standard InChI is InChI=1S/C14H18N4O2/c1-3-20-14(19)12-9(8-15-17-12)13-16-10-6-4-5-7-11(10)18(13)2/h4-7,9,12,15,17H,3,8H2,1-2H3. The minimum Gasteiger partial charge on any atom is -0.465 e. The van der Waals surface area contributed by atoms with Crippen molar-refractivity contribution in [3.63, 3.8) is 0 Å². The third kappa shape index (κ3) is 2.07. The van der Waals surface area contributed by atoms with E-state index in [2.05, 4.69) is 15.8 Å². The number of esters is 1. The topological polar surface area (TPSA) is 68.2 Å². The Kier molecular flexibility index (Phi) is 3.42. The van der Waals surface area contributed by atoms with Crippen LogP contribution >= 0.6 is 0 Å². The number of nitrogens with zero attached hydrogens (tertiary/aromatic N) is 2. The van der Waals surface area contributed by atoms with Gasteiger partial charge in [-0.25, -0.2) is 10.4 Å². The molecule has 106 valence electrons. The molecule has 1 saturated heterocycles. The van der Waals surface area contributed by atoms with Crippen LogP contribution < -0.4 is 10.9 Å². The van der Waals surface area contributed by atoms with Crippen LogP contribution in [-0.4, -0.2) is 34.7 Å². The number of nitrogens with one attached hydrogen (secondary N) is 2. The molecule has 0 spiro atoms. The second-order valence-electron chi connectivity index (χ2n) is 4.88. The van der Waals surface area contributed by atoms with Crippen molar-refractivity contribution in [3.8, 4) is 0 Å². The fourth-order valence-electron chi connectivity index (χ4n) is 2.69. The van der Waals surface area contributed by atoms with Gasteiger partial charge in [-0.15, -0.1) is 0 Å². The molecule has 1 aromatic heterocycles. The molecule has 1 aliphatic heterocycles. The highest BCUT2D eigenvalue weighted by molar-refractivity contribution is 5.79. The van der Waals surface area contributed by atoms with Crippen molar-refractivity contribution in [1.29, 1.82) is 0 Å². The fourth-order valence-corrected chi connectivity index (χ4v) is 2.69. The molecule has 2 atom stereocenters. The van der Waals surface area contributed by atoms with Gasteiger partial charge in [-0.05, 0) is 19.1 Å². The highest BCUT2D eigenvalue weighted by Crippen LogP contribution is 2.25. The van der Waals surface area contributed by atoms with Gasteiger partial charge >= 0.3 is 5.97 Å². The van der Waals surface area contributed by atoms with E-state index in [4.69, 9.17) is 4.74 Å². The van der Waals surface area contributed by atoms with Crippen molar-refractivity contribution in [2.45, 2.75) is 18.9 Å². The quantitative estimate of drug-likeness (QED) is 0.806. The molecule has 1 aromatic carbocycles. The Labute approximate surface area is 117 Å². The number of rotatable bonds is 3. The van der Waals surface area contributed by atoms with Gasteiger partial charge in [0.25, 0.3) is 0 Å². The van der Waals surface area contributed by atoms with Crippen LogP contribution in [0.4, 0.5) is 0 Å². The molecule has 6 heteroatoms. The van der Waals surface area contributed by atoms with Crippen LogP contribution in [0.1, 0.15) is 18.7 Å². The predicted molar refractivity (Wildman–Crippen MR) is 75.0 cm³/mol. The van der Waals surface area contributed by atoms with E-state index in [9.17, 15) is 4.79 Å². The van der Waals surface area contributed by atoms with Crippen molar-refractivity contribution in [2.75, 3.05) is 13.2 Å². The number of aryl methyl sites for hydroxylation is 1. The van der Waals surface area contributed by atoms with Gasteiger partial charge in [-0.3, -0.25) is 10.2 Å². The summed E-state index contributed by atoms with van der Waals surface area (Å²) < 4.78 is 7.16. The van der Waals surface area contributed by atoms with E-state index in [1.807, 2.05) is 42.8 Å². The average molecular weight is 274 g/mol. The summed E-state index contributed by atoms with van der Waals surface area (Å²) in [6, 6.07) is 7.56. The summed E-state index contributed by atoms with van der Waals surface area (Å²) >= 11 is 0. The lowest BCUT2D eigenvalue weighted by Gasteiger charge is -2.16. The number of carbonyl (C=O) groups excluding carboxylic acids is 1. The lowest BCUT2D eigenvalue weighted by molar-refractivity contribution is -0.145. The summed E-state index contributed by atoms with van der Waals surface area (Å²) in [4.78, 5) is 16.7. The largest absolute Gasteiger partial charge is 0.465 e. The number of imidazole rings is 1. The van der Waals surface area contributed by atoms with Gasteiger partial charge in [-0.1, -0.05) is 12.1 Å². The molecule has 0 bridgehead atoms. The van der Waals surface area contributed by atoms with Crippen LogP contribution in [0.15, 0.2) is 24.3 Å². The third-order valence-electron chi connectivity index (χ3n) is 3.68. The minimum absolute atomic E-state index is 0.0357. The zero-order chi connectivity index (χ0) is 14.1. The first-order valence-corrected chi connectivity index (χ1v) is 6.78. The normalized spacial score (nSPS) is 22.3. The van der Waals surface area contributed by atoms with E-state index in [-0.39, 0.29) is 11.9 Å². The van der Waals surface area contributed by atoms with E-state index in [0.717, 1.165) is 16.9 Å². The molecule has 1 fully saturated rings. The van der Waals surface area contributed by atoms with Crippen LogP contribution in [0, 0.1) is 0 Å². The van der Waals surface area contributed by atoms with Crippen LogP contribution in [0.2, 0.25) is 0 Å². The first kappa shape index (κ1) is 13.1. The summed E-state index contributed by atoms with van der Waals surface area (Å²) in [6.07, 6.45) is 0. The molecule has 2 N–H and O–H groups in total. The average Bonchev–Trinajstić information content (AvgIpc) is 3.04. The number of hydrogen-bond donors (Lipinski definition) is 2. The van der Waals surface area contributed by atoms with Gasteiger partial charge in [0.2, 0.25) is 0 Å². The molecule has 2 unspecified atom stereocenters. The lowest BCUT2D eigenvalue weighted by Crippen LogP contribution is -2.39. The molecular weight excluding hydrogens is 256 g/mol. The number of hydrazine groups is 1. The highest BCUT2D eigenvalue weighted by Gasteiger charge is 2.37. The molecule has 2 heterocycles. The highest BCUT2D eigenvalue weighted by atomic mass is 16.5. The van der Waals surface area contributed by atoms with Crippen LogP contribution in [0.5, 0.6) is 0 Å². The van der Waals surface area contributed by atoms with Crippen molar-refractivity contribution in [3.05, 3.63) is 30.1 Å². The third-order valence-corrected chi connectivity index (χ3v) is 3.68. The van der Waals surface area contributed by atoms with Crippen LogP contribution in [0.3, 0.4) is 0 Å². The molecule has 3 rings (SSSR count). The van der Waals surface area contributed by atoms with Gasteiger partial charge in [0.05, 0.1) is 23.6 Å². The Hall–Kier alpha value is -1.92. The van der Waals surface area contributed by atoms with Crippen molar-refractivity contribution < 1.29 is 9.53 Å². The maximum Gasteiger partial charge on any atom is 0.325 e. The van der Waals surface area contributed by atoms with E-state index in [1.165, 1.54) is 0 Å². The molecule has 6 nitrogen and oxygen atoms in total. The van der Waals surface area contributed by atoms with E-state index in [0.29, 0.717) is 13.2 Å². The first-order valence-electron chi connectivity index (χ1n) is 6.78. The lowest BCUT2D eigenvalue weighted by atomic mass is 10.0. The molecule has 2 aromatic rings. The Bertz CT molecular complexity index is 637. The van der Waals surface area contributed by atoms with Gasteiger partial charge < -0.3 is 9.30 Å². The zero-order valence-corrected chi connectivity index (χ0v) is 11.6. The Balaban J connectivity index is 1.97. The number of hydrogen-bond acceptors (Lipinski definition) is 5. The second kappa shape index (κ2) is 5.22. The maximum atomic E-state index is 12.0. The van der Waals surface area contributed by atoms with Gasteiger partial charge in [0, 0.05) is 13.6 Å². The molecule has 0 aliphatic carbocycles. The predicted octanol–water partition coefficient (Wildman–Crippen LogP) is 0.696. The minimum atomic E-state index is -0.398. The maximum absolute atomic E-state index is 12.0. The van der Waals surface area contributed by atoms with E-state index >= 15 is 0 Å². The summed E-state index contributed by atoms with van der Waals surface area (Å²) in [5.41, 5.74) is 8.02. The van der Waals surface area contributed by atoms with Gasteiger partial charge in [0.1, 0.15) is 11.9 Å². The fraction of sp³-hybridized carbons (Fsp3) is 0.429. The van der Waals surface area contributed by atoms with Crippen LogP contribution in [0.25, 0.3) is 11.0 Å². The van der Waals surface area contributed by atoms with Gasteiger partial charge in [-0.2, -0.15) is 0 Å². The molecule has 1 aliphatic rings. The number of carbonyl (C=O) groups is 1. The second-order valence-corrected chi connectivity index (χ2v) is 4.88. The summed E-state index contributed by atoms with van der Waals surface area (Å²) in [6.45, 7) is 2.84. The van der Waals surface area contributed by atoms with Crippen molar-refractivity contribution >= 4 is 17.0 Å². The Morgan fingerprint density at radius 3 is 3.05 bits per heavy atom. The van der Waals surface area contributed by atoms with Crippen molar-refractivity contribution in [2.24, 2.45) is 7.05 Å². The molecule has 0 saturated carbocycles. The Morgan fingerprint density at radius 1 is 1.50 bits per heavy atom. The molecule has 20 heavy (non-hydrogen) atoms. The number of benzene rings is 1. The van der Waals surface area contributed by atoms with Crippen LogP contribution in [-0.2, 0) is 16.6 Å². The summed E-state index contributed by atoms with van der Waals surface area (Å²) in [5, 5.41) is 0. The summed E-state index contributed by atoms with van der Waals surface area (Å²) in [7, 11) is 1.98. The van der Waals surface area contributed by atoms with E-state index in [1.54, 1.807) is 0 Å². The smallest absolute Gasteiger partial charge is 0.325 e. The molecular formula is C14H18N4O2. The number of aromatic nitrogens is 2.